The van der Waals surface area contributed by atoms with Gasteiger partial charge in [0, 0.05) is 7.11 Å². The minimum absolute atomic E-state index is 0.141. The van der Waals surface area contributed by atoms with Gasteiger partial charge in [-0.3, -0.25) is 0 Å². The summed E-state index contributed by atoms with van der Waals surface area (Å²) in [5.74, 6) is 4.13. The van der Waals surface area contributed by atoms with Crippen LogP contribution in [0.4, 0.5) is 0 Å². The Hall–Kier alpha value is -0.120. The lowest BCUT2D eigenvalue weighted by Crippen LogP contribution is -2.29. The number of aliphatic hydroxyl groups excluding tert-OH is 2. The first-order valence-corrected chi connectivity index (χ1v) is 15.9. The Bertz CT molecular complexity index is 565. The Labute approximate surface area is 225 Å². The fourth-order valence-electron chi connectivity index (χ4n) is 7.37. The van der Waals surface area contributed by atoms with Gasteiger partial charge >= 0.3 is 0 Å². The smallest absolute Gasteiger partial charge is 0.0568 e. The van der Waals surface area contributed by atoms with Crippen LogP contribution in [0.5, 0.6) is 0 Å². The van der Waals surface area contributed by atoms with Gasteiger partial charge in [-0.1, -0.05) is 73.1 Å². The van der Waals surface area contributed by atoms with Gasteiger partial charge in [0.15, 0.2) is 0 Å². The van der Waals surface area contributed by atoms with Crippen molar-refractivity contribution >= 4 is 0 Å². The molecule has 0 radical (unpaired) electrons. The van der Waals surface area contributed by atoms with Crippen LogP contribution in [0.2, 0.25) is 0 Å². The first-order valence-electron chi connectivity index (χ1n) is 15.9. The standard InChI is InChI=1S/C33H64O3/c1-24(2)22-27-13-16-29(17-14-27)32(35)19-21-33(5,6)20-18-31(34)25(3)23-30-11-9-8-10-28(30)15-12-26(4)36-7/h24-32,34-35H,8-23H2,1-7H3/t25-,26?,27?,28?,29?,30?,31?,32+/m1/s1. The SMILES string of the molecule is COC(C)CCC1CCCCC1C[C@@H](C)C(O)CCC(C)(C)CC[C@H](O)C1CCC(CC(C)C)CC1. The lowest BCUT2D eigenvalue weighted by atomic mass is 9.71. The van der Waals surface area contributed by atoms with Crippen molar-refractivity contribution in [3.63, 3.8) is 0 Å². The Morgan fingerprint density at radius 2 is 1.39 bits per heavy atom. The van der Waals surface area contributed by atoms with E-state index < -0.39 is 0 Å². The van der Waals surface area contributed by atoms with E-state index in [1.165, 1.54) is 70.6 Å². The molecule has 0 aromatic rings. The van der Waals surface area contributed by atoms with Gasteiger partial charge in [0.2, 0.25) is 0 Å². The van der Waals surface area contributed by atoms with Gasteiger partial charge in [0.25, 0.3) is 0 Å². The lowest BCUT2D eigenvalue weighted by Gasteiger charge is -2.36. The minimum atomic E-state index is -0.203. The molecule has 0 aromatic heterocycles. The maximum absolute atomic E-state index is 11.1. The fraction of sp³-hybridized carbons (Fsp3) is 1.00. The van der Waals surface area contributed by atoms with Gasteiger partial charge < -0.3 is 14.9 Å². The topological polar surface area (TPSA) is 49.7 Å². The third-order valence-corrected chi connectivity index (χ3v) is 10.2. The van der Waals surface area contributed by atoms with Crippen LogP contribution in [0.1, 0.15) is 144 Å². The number of methoxy groups -OCH3 is 1. The largest absolute Gasteiger partial charge is 0.393 e. The van der Waals surface area contributed by atoms with Crippen LogP contribution in [0.15, 0.2) is 0 Å². The van der Waals surface area contributed by atoms with Gasteiger partial charge in [-0.15, -0.1) is 0 Å². The van der Waals surface area contributed by atoms with Crippen molar-refractivity contribution in [3.05, 3.63) is 0 Å². The summed E-state index contributed by atoms with van der Waals surface area (Å²) in [5, 5.41) is 22.0. The molecule has 214 valence electrons. The predicted molar refractivity (Wildman–Crippen MR) is 154 cm³/mol. The van der Waals surface area contributed by atoms with E-state index in [0.717, 1.165) is 55.8 Å². The first-order chi connectivity index (χ1) is 17.0. The molecule has 36 heavy (non-hydrogen) atoms. The summed E-state index contributed by atoms with van der Waals surface area (Å²) in [6.07, 6.45) is 19.4. The highest BCUT2D eigenvalue weighted by Gasteiger charge is 2.31. The molecule has 0 saturated heterocycles. The molecule has 2 N–H and O–H groups in total. The number of hydrogen-bond acceptors (Lipinski definition) is 3. The van der Waals surface area contributed by atoms with Crippen molar-refractivity contribution in [2.24, 2.45) is 40.9 Å². The molecular weight excluding hydrogens is 444 g/mol. The van der Waals surface area contributed by atoms with Gasteiger partial charge in [-0.05, 0) is 112 Å². The van der Waals surface area contributed by atoms with Crippen molar-refractivity contribution in [3.8, 4) is 0 Å². The molecule has 0 aromatic carbocycles. The van der Waals surface area contributed by atoms with E-state index in [4.69, 9.17) is 4.74 Å². The van der Waals surface area contributed by atoms with E-state index in [0.29, 0.717) is 17.9 Å². The molecule has 2 saturated carbocycles. The summed E-state index contributed by atoms with van der Waals surface area (Å²) in [6, 6.07) is 0. The molecule has 0 amide bonds. The maximum atomic E-state index is 11.1. The van der Waals surface area contributed by atoms with Crippen LogP contribution < -0.4 is 0 Å². The van der Waals surface area contributed by atoms with Crippen molar-refractivity contribution in [1.82, 2.24) is 0 Å². The summed E-state index contributed by atoms with van der Waals surface area (Å²) >= 11 is 0. The molecular formula is C33H64O3. The van der Waals surface area contributed by atoms with Crippen LogP contribution in [0.25, 0.3) is 0 Å². The van der Waals surface area contributed by atoms with Crippen LogP contribution in [0.3, 0.4) is 0 Å². The van der Waals surface area contributed by atoms with Crippen molar-refractivity contribution in [2.45, 2.75) is 163 Å². The zero-order chi connectivity index (χ0) is 26.7. The normalized spacial score (nSPS) is 29.2. The van der Waals surface area contributed by atoms with Gasteiger partial charge in [-0.25, -0.2) is 0 Å². The molecule has 4 unspecified atom stereocenters. The lowest BCUT2D eigenvalue weighted by molar-refractivity contribution is 0.0437. The Morgan fingerprint density at radius 1 is 0.778 bits per heavy atom. The van der Waals surface area contributed by atoms with E-state index in [1.54, 1.807) is 0 Å². The summed E-state index contributed by atoms with van der Waals surface area (Å²) in [6.45, 7) is 13.8. The molecule has 0 bridgehead atoms. The second kappa shape index (κ2) is 16.1. The Balaban J connectivity index is 1.70. The molecule has 0 aliphatic heterocycles. The molecule has 2 rings (SSSR count). The van der Waals surface area contributed by atoms with Crippen LogP contribution in [0, 0.1) is 40.9 Å². The van der Waals surface area contributed by atoms with Gasteiger partial charge in [-0.2, -0.15) is 0 Å². The summed E-state index contributed by atoms with van der Waals surface area (Å²) < 4.78 is 5.49. The predicted octanol–water partition coefficient (Wildman–Crippen LogP) is 8.80. The highest BCUT2D eigenvalue weighted by molar-refractivity contribution is 4.83. The van der Waals surface area contributed by atoms with Gasteiger partial charge in [0.1, 0.15) is 0 Å². The second-order valence-corrected chi connectivity index (χ2v) is 14.4. The minimum Gasteiger partial charge on any atom is -0.393 e. The molecule has 2 aliphatic carbocycles. The maximum Gasteiger partial charge on any atom is 0.0568 e. The molecule has 6 atom stereocenters. The third kappa shape index (κ3) is 11.7. The number of hydrogen-bond donors (Lipinski definition) is 2. The number of aliphatic hydroxyl groups is 2. The second-order valence-electron chi connectivity index (χ2n) is 14.4. The Morgan fingerprint density at radius 3 is 2.00 bits per heavy atom. The quantitative estimate of drug-likeness (QED) is 0.219. The monoisotopic (exact) mass is 508 g/mol. The van der Waals surface area contributed by atoms with Crippen LogP contribution in [-0.2, 0) is 4.74 Å². The molecule has 3 nitrogen and oxygen atoms in total. The van der Waals surface area contributed by atoms with E-state index in [9.17, 15) is 10.2 Å². The zero-order valence-corrected chi connectivity index (χ0v) is 25.3. The van der Waals surface area contributed by atoms with Gasteiger partial charge in [0.05, 0.1) is 18.3 Å². The van der Waals surface area contributed by atoms with E-state index in [2.05, 4.69) is 41.5 Å². The third-order valence-electron chi connectivity index (χ3n) is 10.2. The van der Waals surface area contributed by atoms with Crippen molar-refractivity contribution < 1.29 is 14.9 Å². The Kier molecular flexibility index (Phi) is 14.3. The number of ether oxygens (including phenoxy) is 1. The average Bonchev–Trinajstić information content (AvgIpc) is 2.85. The van der Waals surface area contributed by atoms with E-state index in [-0.39, 0.29) is 17.6 Å². The summed E-state index contributed by atoms with van der Waals surface area (Å²) in [5.41, 5.74) is 0.181. The fourth-order valence-corrected chi connectivity index (χ4v) is 7.37. The first kappa shape index (κ1) is 32.1. The summed E-state index contributed by atoms with van der Waals surface area (Å²) in [7, 11) is 1.82. The number of rotatable bonds is 16. The highest BCUT2D eigenvalue weighted by Crippen LogP contribution is 2.40. The molecule has 2 aliphatic rings. The van der Waals surface area contributed by atoms with Crippen molar-refractivity contribution in [1.29, 1.82) is 0 Å². The molecule has 0 heterocycles. The molecule has 3 heteroatoms. The van der Waals surface area contributed by atoms with Crippen molar-refractivity contribution in [2.75, 3.05) is 7.11 Å². The van der Waals surface area contributed by atoms with Crippen LogP contribution >= 0.6 is 0 Å². The molecule has 2 fully saturated rings. The molecule has 0 spiro atoms. The van der Waals surface area contributed by atoms with E-state index >= 15 is 0 Å². The van der Waals surface area contributed by atoms with Crippen LogP contribution in [-0.4, -0.2) is 35.6 Å². The average molecular weight is 509 g/mol. The highest BCUT2D eigenvalue weighted by atomic mass is 16.5. The van der Waals surface area contributed by atoms with E-state index in [1.807, 2.05) is 7.11 Å². The zero-order valence-electron chi connectivity index (χ0n) is 25.3. The summed E-state index contributed by atoms with van der Waals surface area (Å²) in [4.78, 5) is 0.